The van der Waals surface area contributed by atoms with E-state index in [1.807, 2.05) is 18.2 Å². The van der Waals surface area contributed by atoms with E-state index in [0.29, 0.717) is 23.7 Å². The molecule has 2 rings (SSSR count). The Balaban J connectivity index is 1.79. The summed E-state index contributed by atoms with van der Waals surface area (Å²) in [5.41, 5.74) is 0.814. The van der Waals surface area contributed by atoms with Gasteiger partial charge in [-0.2, -0.15) is 0 Å². The average Bonchev–Trinajstić information content (AvgIpc) is 2.46. The number of halogens is 1. The molecule has 0 saturated heterocycles. The number of nitrogens with one attached hydrogen (secondary N) is 1. The molecule has 112 valence electrons. The largest absolute Gasteiger partial charge is 0.261 e. The van der Waals surface area contributed by atoms with Crippen LogP contribution in [0.25, 0.3) is 0 Å². The second-order valence-electron chi connectivity index (χ2n) is 5.30. The first kappa shape index (κ1) is 15.9. The summed E-state index contributed by atoms with van der Waals surface area (Å²) in [7, 11) is -3.21. The fraction of sp³-hybridized carbons (Fsp3) is 0.643. The van der Waals surface area contributed by atoms with Crippen molar-refractivity contribution < 1.29 is 8.42 Å². The van der Waals surface area contributed by atoms with Gasteiger partial charge in [-0.05, 0) is 30.9 Å². The number of aryl methyl sites for hydroxylation is 1. The van der Waals surface area contributed by atoms with Crippen molar-refractivity contribution in [1.82, 2.24) is 9.71 Å². The van der Waals surface area contributed by atoms with Crippen LogP contribution in [0.5, 0.6) is 0 Å². The van der Waals surface area contributed by atoms with Crippen LogP contribution in [0.1, 0.15) is 31.4 Å². The summed E-state index contributed by atoms with van der Waals surface area (Å²) in [6.07, 6.45) is 6.81. The predicted octanol–water partition coefficient (Wildman–Crippen LogP) is 2.50. The maximum Gasteiger partial charge on any atom is 0.211 e. The molecule has 1 fully saturated rings. The van der Waals surface area contributed by atoms with Crippen LogP contribution in [0.15, 0.2) is 24.4 Å². The van der Waals surface area contributed by atoms with Gasteiger partial charge in [0.2, 0.25) is 10.0 Å². The lowest BCUT2D eigenvalue weighted by Crippen LogP contribution is -2.36. The molecule has 2 atom stereocenters. The maximum absolute atomic E-state index is 12.0. The number of sulfonamides is 1. The van der Waals surface area contributed by atoms with Crippen LogP contribution in [-0.2, 0) is 16.4 Å². The van der Waals surface area contributed by atoms with Gasteiger partial charge in [-0.1, -0.05) is 34.8 Å². The molecule has 6 heteroatoms. The van der Waals surface area contributed by atoms with Crippen LogP contribution in [0, 0.1) is 5.92 Å². The third-order valence-corrected chi connectivity index (χ3v) is 6.29. The molecule has 2 unspecified atom stereocenters. The van der Waals surface area contributed by atoms with E-state index >= 15 is 0 Å². The van der Waals surface area contributed by atoms with E-state index in [1.54, 1.807) is 6.20 Å². The van der Waals surface area contributed by atoms with Crippen molar-refractivity contribution in [1.29, 1.82) is 0 Å². The lowest BCUT2D eigenvalue weighted by Gasteiger charge is -2.27. The molecule has 1 saturated carbocycles. The second-order valence-corrected chi connectivity index (χ2v) is 8.40. The molecular weight excluding hydrogens is 340 g/mol. The van der Waals surface area contributed by atoms with E-state index in [2.05, 4.69) is 25.6 Å². The number of hydrogen-bond acceptors (Lipinski definition) is 3. The van der Waals surface area contributed by atoms with Crippen LogP contribution in [-0.4, -0.2) is 30.5 Å². The zero-order chi connectivity index (χ0) is 14.4. The van der Waals surface area contributed by atoms with Crippen LogP contribution in [0.4, 0.5) is 0 Å². The quantitative estimate of drug-likeness (QED) is 0.792. The van der Waals surface area contributed by atoms with Crippen LogP contribution >= 0.6 is 15.9 Å². The van der Waals surface area contributed by atoms with Gasteiger partial charge in [0.25, 0.3) is 0 Å². The van der Waals surface area contributed by atoms with E-state index in [-0.39, 0.29) is 5.75 Å². The third kappa shape index (κ3) is 5.14. The highest BCUT2D eigenvalue weighted by atomic mass is 79.9. The Morgan fingerprint density at radius 3 is 2.80 bits per heavy atom. The van der Waals surface area contributed by atoms with Gasteiger partial charge in [-0.25, -0.2) is 13.1 Å². The number of hydrogen-bond donors (Lipinski definition) is 1. The molecule has 0 bridgehead atoms. The number of pyridine rings is 1. The van der Waals surface area contributed by atoms with Gasteiger partial charge in [-0.3, -0.25) is 4.98 Å². The first-order valence-electron chi connectivity index (χ1n) is 7.08. The molecule has 1 aromatic heterocycles. The zero-order valence-corrected chi connectivity index (χ0v) is 13.9. The summed E-state index contributed by atoms with van der Waals surface area (Å²) < 4.78 is 26.7. The minimum absolute atomic E-state index is 0.101. The Kier molecular flexibility index (Phi) is 5.99. The number of nitrogens with zero attached hydrogens (tertiary/aromatic N) is 1. The topological polar surface area (TPSA) is 59.1 Å². The molecule has 0 aliphatic heterocycles. The number of rotatable bonds is 6. The van der Waals surface area contributed by atoms with Gasteiger partial charge in [0.15, 0.2) is 0 Å². The molecule has 20 heavy (non-hydrogen) atoms. The molecule has 1 N–H and O–H groups in total. The van der Waals surface area contributed by atoms with Crippen molar-refractivity contribution in [3.8, 4) is 0 Å². The minimum atomic E-state index is -3.21. The summed E-state index contributed by atoms with van der Waals surface area (Å²) in [6, 6.07) is 5.56. The lowest BCUT2D eigenvalue weighted by atomic mass is 9.89. The molecular formula is C14H21BrN2O2S. The maximum atomic E-state index is 12.0. The van der Waals surface area contributed by atoms with Crippen molar-refractivity contribution in [3.63, 3.8) is 0 Å². The second kappa shape index (κ2) is 7.52. The Bertz CT molecular complexity index is 507. The monoisotopic (exact) mass is 360 g/mol. The highest BCUT2D eigenvalue weighted by Gasteiger charge is 2.24. The van der Waals surface area contributed by atoms with Gasteiger partial charge < -0.3 is 0 Å². The zero-order valence-electron chi connectivity index (χ0n) is 11.5. The van der Waals surface area contributed by atoms with Crippen molar-refractivity contribution in [2.45, 2.75) is 36.9 Å². The standard InChI is InChI=1S/C14H21BrN2O2S/c15-14-7-2-1-5-12(14)11-17-20(18,19)10-8-13-6-3-4-9-16-13/h3-4,6,9,12,14,17H,1-2,5,7-8,10-11H2. The molecule has 0 aromatic carbocycles. The first-order chi connectivity index (χ1) is 9.57. The highest BCUT2D eigenvalue weighted by molar-refractivity contribution is 9.09. The normalized spacial score (nSPS) is 23.6. The molecule has 0 spiro atoms. The smallest absolute Gasteiger partial charge is 0.211 e. The van der Waals surface area contributed by atoms with Gasteiger partial charge in [-0.15, -0.1) is 0 Å². The minimum Gasteiger partial charge on any atom is -0.261 e. The van der Waals surface area contributed by atoms with Gasteiger partial charge in [0.05, 0.1) is 5.75 Å². The average molecular weight is 361 g/mol. The summed E-state index contributed by atoms with van der Waals surface area (Å²) >= 11 is 3.65. The summed E-state index contributed by atoms with van der Waals surface area (Å²) in [5, 5.41) is 0. The Labute approximate surface area is 129 Å². The number of alkyl halides is 1. The fourth-order valence-electron chi connectivity index (χ4n) is 2.48. The third-order valence-electron chi connectivity index (χ3n) is 3.73. The van der Waals surface area contributed by atoms with Crippen LogP contribution in [0.3, 0.4) is 0 Å². The van der Waals surface area contributed by atoms with E-state index in [9.17, 15) is 8.42 Å². The first-order valence-corrected chi connectivity index (χ1v) is 9.65. The summed E-state index contributed by atoms with van der Waals surface area (Å²) in [4.78, 5) is 4.58. The highest BCUT2D eigenvalue weighted by Crippen LogP contribution is 2.29. The predicted molar refractivity (Wildman–Crippen MR) is 84.4 cm³/mol. The van der Waals surface area contributed by atoms with Crippen molar-refractivity contribution in [3.05, 3.63) is 30.1 Å². The van der Waals surface area contributed by atoms with Crippen LogP contribution < -0.4 is 4.72 Å². The van der Waals surface area contributed by atoms with E-state index < -0.39 is 10.0 Å². The van der Waals surface area contributed by atoms with Gasteiger partial charge in [0, 0.05) is 29.7 Å². The fourth-order valence-corrected chi connectivity index (χ4v) is 4.35. The molecule has 4 nitrogen and oxygen atoms in total. The van der Waals surface area contributed by atoms with Gasteiger partial charge in [0.1, 0.15) is 0 Å². The number of aromatic nitrogens is 1. The molecule has 1 heterocycles. The van der Waals surface area contributed by atoms with E-state index in [0.717, 1.165) is 18.5 Å². The van der Waals surface area contributed by atoms with E-state index in [4.69, 9.17) is 0 Å². The Morgan fingerprint density at radius 2 is 2.10 bits per heavy atom. The lowest BCUT2D eigenvalue weighted by molar-refractivity contribution is 0.373. The molecule has 1 aliphatic carbocycles. The molecule has 1 aliphatic rings. The van der Waals surface area contributed by atoms with Crippen molar-refractivity contribution in [2.75, 3.05) is 12.3 Å². The summed E-state index contributed by atoms with van der Waals surface area (Å²) in [5.74, 6) is 0.511. The molecule has 1 aromatic rings. The van der Waals surface area contributed by atoms with Gasteiger partial charge >= 0.3 is 0 Å². The van der Waals surface area contributed by atoms with Crippen molar-refractivity contribution >= 4 is 26.0 Å². The molecule has 0 radical (unpaired) electrons. The Morgan fingerprint density at radius 1 is 1.30 bits per heavy atom. The SMILES string of the molecule is O=S(=O)(CCc1ccccn1)NCC1CCCCC1Br. The van der Waals surface area contributed by atoms with E-state index in [1.165, 1.54) is 12.8 Å². The molecule has 0 amide bonds. The summed E-state index contributed by atoms with van der Waals surface area (Å²) in [6.45, 7) is 0.542. The Hall–Kier alpha value is -0.460. The van der Waals surface area contributed by atoms with Crippen LogP contribution in [0.2, 0.25) is 0 Å². The van der Waals surface area contributed by atoms with Crippen molar-refractivity contribution in [2.24, 2.45) is 5.92 Å².